The van der Waals surface area contributed by atoms with Gasteiger partial charge < -0.3 is 19.0 Å². The van der Waals surface area contributed by atoms with Crippen molar-refractivity contribution in [1.29, 1.82) is 0 Å². The molecule has 1 atom stereocenters. The number of ether oxygens (including phenoxy) is 1. The molecule has 0 N–H and O–H groups in total. The van der Waals surface area contributed by atoms with Crippen molar-refractivity contribution in [1.82, 2.24) is 18.7 Å². The molecule has 12 heteroatoms. The lowest BCUT2D eigenvalue weighted by Gasteiger charge is -2.42. The normalized spacial score (nSPS) is 19.5. The predicted molar refractivity (Wildman–Crippen MR) is 138 cm³/mol. The minimum Gasteiger partial charge on any atom is -0.497 e. The molecule has 3 heterocycles. The lowest BCUT2D eigenvalue weighted by atomic mass is 10.1. The van der Waals surface area contributed by atoms with E-state index in [2.05, 4.69) is 4.90 Å². The number of oxazole rings is 1. The van der Waals surface area contributed by atoms with E-state index in [-0.39, 0.29) is 43.0 Å². The number of aromatic nitrogens is 1. The van der Waals surface area contributed by atoms with Crippen LogP contribution in [0.25, 0.3) is 11.1 Å². The second kappa shape index (κ2) is 10.5. The highest BCUT2D eigenvalue weighted by atomic mass is 35.5. The highest BCUT2D eigenvalue weighted by molar-refractivity contribution is 7.89. The van der Waals surface area contributed by atoms with Crippen molar-refractivity contribution >= 4 is 38.6 Å². The number of halogens is 1. The van der Waals surface area contributed by atoms with E-state index in [0.29, 0.717) is 28.4 Å². The number of methoxy groups -OCH3 is 1. The van der Waals surface area contributed by atoms with Crippen molar-refractivity contribution in [3.8, 4) is 5.75 Å². The van der Waals surface area contributed by atoms with Crippen LogP contribution in [0.15, 0.2) is 56.6 Å². The molecule has 3 aromatic rings. The molecule has 0 radical (unpaired) electrons. The van der Waals surface area contributed by atoms with Crippen LogP contribution in [0.2, 0.25) is 5.02 Å². The molecule has 2 aliphatic rings. The summed E-state index contributed by atoms with van der Waals surface area (Å²) in [6, 6.07) is 10.8. The number of carbonyl (C=O) groups excluding carboxylic acids is 1. The number of hydrogen-bond donors (Lipinski definition) is 0. The number of nitrogens with zero attached hydrogens (tertiary/aromatic N) is 4. The zero-order valence-corrected chi connectivity index (χ0v) is 22.1. The van der Waals surface area contributed by atoms with E-state index in [0.717, 1.165) is 25.9 Å². The van der Waals surface area contributed by atoms with E-state index in [1.54, 1.807) is 41.3 Å². The van der Waals surface area contributed by atoms with Gasteiger partial charge in [-0.2, -0.15) is 4.31 Å². The third-order valence-corrected chi connectivity index (χ3v) is 9.13. The fourth-order valence-electron chi connectivity index (χ4n) is 5.11. The quantitative estimate of drug-likeness (QED) is 0.446. The van der Waals surface area contributed by atoms with Crippen LogP contribution in [-0.4, -0.2) is 85.4 Å². The van der Waals surface area contributed by atoms with Crippen LogP contribution in [0.4, 0.5) is 0 Å². The van der Waals surface area contributed by atoms with Gasteiger partial charge in [-0.25, -0.2) is 13.2 Å². The van der Waals surface area contributed by atoms with Gasteiger partial charge in [0.2, 0.25) is 15.9 Å². The number of rotatable bonds is 7. The van der Waals surface area contributed by atoms with Gasteiger partial charge in [0.25, 0.3) is 0 Å². The van der Waals surface area contributed by atoms with Gasteiger partial charge in [-0.1, -0.05) is 17.7 Å². The molecule has 2 fully saturated rings. The first kappa shape index (κ1) is 25.8. The first-order chi connectivity index (χ1) is 17.8. The Morgan fingerprint density at radius 1 is 1.11 bits per heavy atom. The Morgan fingerprint density at radius 2 is 1.89 bits per heavy atom. The molecule has 2 aromatic carbocycles. The minimum atomic E-state index is -3.79. The molecule has 1 unspecified atom stereocenters. The summed E-state index contributed by atoms with van der Waals surface area (Å²) in [5.41, 5.74) is 0.797. The molecule has 2 saturated heterocycles. The van der Waals surface area contributed by atoms with E-state index in [9.17, 15) is 18.0 Å². The van der Waals surface area contributed by atoms with E-state index >= 15 is 0 Å². The maximum atomic E-state index is 13.5. The second-order valence-corrected chi connectivity index (χ2v) is 11.7. The Labute approximate surface area is 220 Å². The van der Waals surface area contributed by atoms with Crippen LogP contribution in [0, 0.1) is 0 Å². The first-order valence-corrected chi connectivity index (χ1v) is 14.0. The number of fused-ring (bicyclic) bond motifs is 1. The van der Waals surface area contributed by atoms with Gasteiger partial charge in [0.1, 0.15) is 12.3 Å². The van der Waals surface area contributed by atoms with Crippen molar-refractivity contribution in [2.45, 2.75) is 30.3 Å². The van der Waals surface area contributed by atoms with Crippen molar-refractivity contribution in [2.75, 3.05) is 46.4 Å². The maximum absolute atomic E-state index is 13.5. The van der Waals surface area contributed by atoms with Crippen molar-refractivity contribution in [2.24, 2.45) is 0 Å². The van der Waals surface area contributed by atoms with Gasteiger partial charge in [-0.05, 0) is 56.3 Å². The summed E-state index contributed by atoms with van der Waals surface area (Å²) in [6.45, 7) is 2.68. The number of hydrogen-bond acceptors (Lipinski definition) is 7. The summed E-state index contributed by atoms with van der Waals surface area (Å²) in [5.74, 6) is -0.449. The van der Waals surface area contributed by atoms with Crippen LogP contribution < -0.4 is 10.5 Å². The average Bonchev–Trinajstić information content (AvgIpc) is 3.51. The summed E-state index contributed by atoms with van der Waals surface area (Å²) < 4.78 is 40.1. The molecular formula is C25H29ClN4O6S. The number of sulfonamides is 1. The minimum absolute atomic E-state index is 0.147. The average molecular weight is 549 g/mol. The first-order valence-electron chi connectivity index (χ1n) is 12.2. The van der Waals surface area contributed by atoms with E-state index in [1.807, 2.05) is 0 Å². The molecule has 1 aromatic heterocycles. The topological polar surface area (TPSA) is 105 Å². The molecule has 198 valence electrons. The molecule has 5 rings (SSSR count). The van der Waals surface area contributed by atoms with Gasteiger partial charge in [-0.15, -0.1) is 0 Å². The highest BCUT2D eigenvalue weighted by Crippen LogP contribution is 2.25. The van der Waals surface area contributed by atoms with Crippen LogP contribution in [-0.2, 0) is 21.4 Å². The van der Waals surface area contributed by atoms with Crippen LogP contribution >= 0.6 is 11.6 Å². The van der Waals surface area contributed by atoms with Gasteiger partial charge in [0.15, 0.2) is 5.58 Å². The number of carbonyl (C=O) groups is 1. The highest BCUT2D eigenvalue weighted by Gasteiger charge is 2.37. The third kappa shape index (κ3) is 5.26. The van der Waals surface area contributed by atoms with E-state index < -0.39 is 15.8 Å². The Morgan fingerprint density at radius 3 is 2.65 bits per heavy atom. The Balaban J connectivity index is 1.40. The summed E-state index contributed by atoms with van der Waals surface area (Å²) in [6.07, 6.45) is 2.15. The van der Waals surface area contributed by atoms with Crippen LogP contribution in [0.5, 0.6) is 5.75 Å². The van der Waals surface area contributed by atoms with Gasteiger partial charge >= 0.3 is 5.76 Å². The third-order valence-electron chi connectivity index (χ3n) is 7.04. The molecule has 0 aliphatic carbocycles. The molecule has 1 amide bonds. The van der Waals surface area contributed by atoms with Gasteiger partial charge in [0.05, 0.1) is 23.6 Å². The molecule has 2 aliphatic heterocycles. The lowest BCUT2D eigenvalue weighted by molar-refractivity contribution is -0.136. The van der Waals surface area contributed by atoms with Crippen LogP contribution in [0.1, 0.15) is 12.8 Å². The van der Waals surface area contributed by atoms with Crippen LogP contribution in [0.3, 0.4) is 0 Å². The predicted octanol–water partition coefficient (Wildman–Crippen LogP) is 2.25. The van der Waals surface area contributed by atoms with Crippen molar-refractivity contribution in [3.05, 3.63) is 58.0 Å². The number of likely N-dealkylation sites (tertiary alicyclic amines) is 1. The summed E-state index contributed by atoms with van der Waals surface area (Å²) in [4.78, 5) is 30.1. The number of amides is 1. The fourth-order valence-corrected chi connectivity index (χ4v) is 6.79. The number of benzene rings is 2. The molecule has 10 nitrogen and oxygen atoms in total. The Kier molecular flexibility index (Phi) is 7.30. The van der Waals surface area contributed by atoms with Gasteiger partial charge in [0, 0.05) is 37.3 Å². The molecule has 0 bridgehead atoms. The Hall–Kier alpha value is -2.86. The second-order valence-electron chi connectivity index (χ2n) is 9.36. The molecule has 0 spiro atoms. The lowest BCUT2D eigenvalue weighted by Crippen LogP contribution is -2.60. The largest absolute Gasteiger partial charge is 0.497 e. The van der Waals surface area contributed by atoms with E-state index in [1.165, 1.54) is 22.0 Å². The molecule has 37 heavy (non-hydrogen) atoms. The zero-order chi connectivity index (χ0) is 26.2. The number of piperazine rings is 1. The maximum Gasteiger partial charge on any atom is 0.420 e. The Bertz CT molecular complexity index is 1460. The summed E-state index contributed by atoms with van der Waals surface area (Å²) in [5, 5.41) is 0.428. The molecule has 0 saturated carbocycles. The van der Waals surface area contributed by atoms with Crippen molar-refractivity contribution in [3.63, 3.8) is 0 Å². The SMILES string of the molecule is COc1cccc(S(=O)(=O)N2CCN(C(=O)Cn3c(=O)oc4ccc(Cl)cc43)C(CN3CCCC3)C2)c1. The fraction of sp³-hybridized carbons (Fsp3) is 0.440. The van der Waals surface area contributed by atoms with E-state index in [4.69, 9.17) is 20.8 Å². The zero-order valence-electron chi connectivity index (χ0n) is 20.5. The molecular weight excluding hydrogens is 520 g/mol. The van der Waals surface area contributed by atoms with Gasteiger partial charge in [-0.3, -0.25) is 9.36 Å². The standard InChI is InChI=1S/C25H29ClN4O6S/c1-35-20-5-4-6-21(14-20)37(33,34)28-11-12-29(19(16-28)15-27-9-2-3-10-27)24(31)17-30-22-13-18(26)7-8-23(22)36-25(30)32/h4-8,13-14,19H,2-3,9-12,15-17H2,1H3. The van der Waals surface area contributed by atoms with Crippen molar-refractivity contribution < 1.29 is 22.4 Å². The smallest absolute Gasteiger partial charge is 0.420 e. The summed E-state index contributed by atoms with van der Waals surface area (Å²) in [7, 11) is -2.30. The summed E-state index contributed by atoms with van der Waals surface area (Å²) >= 11 is 6.10. The monoisotopic (exact) mass is 548 g/mol.